The summed E-state index contributed by atoms with van der Waals surface area (Å²) in [5.41, 5.74) is 1.36. The van der Waals surface area contributed by atoms with Crippen molar-refractivity contribution in [1.29, 1.82) is 0 Å². The maximum absolute atomic E-state index is 15.0. The van der Waals surface area contributed by atoms with Crippen LogP contribution in [0.2, 0.25) is 0 Å². The van der Waals surface area contributed by atoms with Gasteiger partial charge in [0.1, 0.15) is 5.60 Å². The van der Waals surface area contributed by atoms with E-state index in [4.69, 9.17) is 10.5 Å². The van der Waals surface area contributed by atoms with Gasteiger partial charge >= 0.3 is 18.2 Å². The topological polar surface area (TPSA) is 93.9 Å². The number of amides is 1. The van der Waals surface area contributed by atoms with Gasteiger partial charge in [0, 0.05) is 25.2 Å². The van der Waals surface area contributed by atoms with Gasteiger partial charge in [-0.1, -0.05) is 0 Å². The molecule has 1 fully saturated rings. The number of hydrogen-bond acceptors (Lipinski definition) is 6. The number of benzene rings is 1. The first-order valence-corrected chi connectivity index (χ1v) is 9.81. The molecular formula is C20H27F4N3O4. The van der Waals surface area contributed by atoms with Crippen LogP contribution in [-0.4, -0.2) is 54.8 Å². The molecule has 0 aromatic heterocycles. The van der Waals surface area contributed by atoms with E-state index in [2.05, 4.69) is 10.1 Å². The lowest BCUT2D eigenvalue weighted by Gasteiger charge is -2.37. The monoisotopic (exact) mass is 449 g/mol. The average molecular weight is 449 g/mol. The molecule has 1 atom stereocenters. The summed E-state index contributed by atoms with van der Waals surface area (Å²) in [7, 11) is 0. The molecule has 1 saturated heterocycles. The van der Waals surface area contributed by atoms with Crippen LogP contribution in [0.15, 0.2) is 6.07 Å². The Labute approximate surface area is 177 Å². The number of nitrogens with one attached hydrogen (secondary N) is 1. The number of rotatable bonds is 4. The van der Waals surface area contributed by atoms with Gasteiger partial charge in [-0.05, 0) is 40.2 Å². The predicted octanol–water partition coefficient (Wildman–Crippen LogP) is 3.35. The fourth-order valence-electron chi connectivity index (χ4n) is 3.28. The maximum atomic E-state index is 15.0. The molecule has 1 amide bonds. The second kappa shape index (κ2) is 9.29. The van der Waals surface area contributed by atoms with Crippen molar-refractivity contribution >= 4 is 17.7 Å². The predicted molar refractivity (Wildman–Crippen MR) is 105 cm³/mol. The lowest BCUT2D eigenvalue weighted by Crippen LogP contribution is -2.55. The number of halogens is 4. The highest BCUT2D eigenvalue weighted by Crippen LogP contribution is 2.38. The zero-order chi connectivity index (χ0) is 23.6. The van der Waals surface area contributed by atoms with E-state index in [1.807, 2.05) is 0 Å². The molecule has 1 aliphatic rings. The normalized spacial score (nSPS) is 17.4. The van der Waals surface area contributed by atoms with E-state index >= 15 is 4.39 Å². The Hall–Kier alpha value is -2.56. The van der Waals surface area contributed by atoms with Gasteiger partial charge in [-0.3, -0.25) is 0 Å². The third-order valence-corrected chi connectivity index (χ3v) is 4.62. The third kappa shape index (κ3) is 5.99. The molecule has 0 aliphatic carbocycles. The van der Waals surface area contributed by atoms with Crippen LogP contribution in [0.4, 0.5) is 28.0 Å². The minimum absolute atomic E-state index is 0.110. The summed E-state index contributed by atoms with van der Waals surface area (Å²) in [5, 5.41) is 2.98. The third-order valence-electron chi connectivity index (χ3n) is 4.62. The van der Waals surface area contributed by atoms with Crippen molar-refractivity contribution < 1.29 is 36.6 Å². The quantitative estimate of drug-likeness (QED) is 0.416. The van der Waals surface area contributed by atoms with Crippen molar-refractivity contribution in [2.75, 3.05) is 32.0 Å². The first-order valence-electron chi connectivity index (χ1n) is 9.81. The molecule has 2 rings (SSSR count). The second-order valence-corrected chi connectivity index (χ2v) is 8.13. The summed E-state index contributed by atoms with van der Waals surface area (Å²) < 4.78 is 66.3. The first kappa shape index (κ1) is 24.7. The van der Waals surface area contributed by atoms with Crippen molar-refractivity contribution in [3.8, 4) is 0 Å². The molecule has 0 saturated carbocycles. The summed E-state index contributed by atoms with van der Waals surface area (Å²) >= 11 is 0. The number of nitrogens with two attached hydrogens (primary N) is 1. The van der Waals surface area contributed by atoms with E-state index in [0.717, 1.165) is 0 Å². The van der Waals surface area contributed by atoms with Gasteiger partial charge in [-0.2, -0.15) is 13.2 Å². The van der Waals surface area contributed by atoms with Gasteiger partial charge in [0.25, 0.3) is 0 Å². The Morgan fingerprint density at radius 2 is 1.94 bits per heavy atom. The van der Waals surface area contributed by atoms with Crippen LogP contribution in [-0.2, 0) is 22.1 Å². The van der Waals surface area contributed by atoms with Crippen LogP contribution in [0.5, 0.6) is 0 Å². The molecule has 1 unspecified atom stereocenters. The van der Waals surface area contributed by atoms with Crippen LogP contribution in [0, 0.1) is 5.82 Å². The number of carbonyl (C=O) groups is 2. The number of nitrogen functional groups attached to an aromatic ring is 1. The number of anilines is 1. The van der Waals surface area contributed by atoms with Gasteiger partial charge in [0.2, 0.25) is 0 Å². The Kier molecular flexibility index (Phi) is 7.40. The Morgan fingerprint density at radius 3 is 2.48 bits per heavy atom. The van der Waals surface area contributed by atoms with Crippen LogP contribution in [0.3, 0.4) is 0 Å². The minimum atomic E-state index is -4.95. The van der Waals surface area contributed by atoms with Gasteiger partial charge < -0.3 is 25.4 Å². The maximum Gasteiger partial charge on any atom is 0.416 e. The van der Waals surface area contributed by atoms with Crippen LogP contribution in [0.25, 0.3) is 0 Å². The zero-order valence-corrected chi connectivity index (χ0v) is 17.9. The van der Waals surface area contributed by atoms with E-state index in [1.54, 1.807) is 20.8 Å². The molecule has 0 radical (unpaired) electrons. The van der Waals surface area contributed by atoms with Crippen LogP contribution in [0.1, 0.15) is 49.2 Å². The van der Waals surface area contributed by atoms with E-state index in [1.165, 1.54) is 11.8 Å². The van der Waals surface area contributed by atoms with Gasteiger partial charge in [-0.15, -0.1) is 0 Å². The largest absolute Gasteiger partial charge is 0.462 e. The van der Waals surface area contributed by atoms with Crippen molar-refractivity contribution in [3.63, 3.8) is 0 Å². The van der Waals surface area contributed by atoms with Crippen LogP contribution >= 0.6 is 0 Å². The smallest absolute Gasteiger partial charge is 0.416 e. The second-order valence-electron chi connectivity index (χ2n) is 8.13. The molecule has 7 nitrogen and oxygen atoms in total. The summed E-state index contributed by atoms with van der Waals surface area (Å²) in [6.45, 7) is 7.07. The van der Waals surface area contributed by atoms with E-state index in [0.29, 0.717) is 12.6 Å². The standard InChI is InChI=1S/C20H27F4N3O4/c1-5-30-17(28)13-9-14(20(22,23)24)12(15(21)16(13)25)8-11-10-26-6-7-27(11)18(29)31-19(2,3)4/h9,11,26H,5-8,10,25H2,1-4H3. The molecule has 31 heavy (non-hydrogen) atoms. The molecule has 1 aliphatic heterocycles. The fourth-order valence-corrected chi connectivity index (χ4v) is 3.28. The van der Waals surface area contributed by atoms with E-state index in [9.17, 15) is 22.8 Å². The van der Waals surface area contributed by atoms with Crippen molar-refractivity contribution in [3.05, 3.63) is 28.6 Å². The van der Waals surface area contributed by atoms with Crippen molar-refractivity contribution in [2.45, 2.75) is 51.9 Å². The molecule has 174 valence electrons. The molecule has 1 aromatic carbocycles. The summed E-state index contributed by atoms with van der Waals surface area (Å²) in [6.07, 6.45) is -6.13. The summed E-state index contributed by atoms with van der Waals surface area (Å²) in [5.74, 6) is -2.50. The molecule has 1 aromatic rings. The Bertz CT molecular complexity index is 837. The van der Waals surface area contributed by atoms with Gasteiger partial charge in [-0.25, -0.2) is 14.0 Å². The number of carbonyl (C=O) groups excluding carboxylic acids is 2. The molecule has 0 spiro atoms. The summed E-state index contributed by atoms with van der Waals surface area (Å²) in [4.78, 5) is 25.8. The summed E-state index contributed by atoms with van der Waals surface area (Å²) in [6, 6.07) is -0.313. The lowest BCUT2D eigenvalue weighted by atomic mass is 9.94. The Balaban J connectivity index is 2.47. The Morgan fingerprint density at radius 1 is 1.29 bits per heavy atom. The minimum Gasteiger partial charge on any atom is -0.462 e. The molecule has 1 heterocycles. The highest BCUT2D eigenvalue weighted by molar-refractivity contribution is 5.95. The number of nitrogens with zero attached hydrogens (tertiary/aromatic N) is 1. The highest BCUT2D eigenvalue weighted by atomic mass is 19.4. The van der Waals surface area contributed by atoms with Crippen molar-refractivity contribution in [2.24, 2.45) is 0 Å². The zero-order valence-electron chi connectivity index (χ0n) is 17.9. The molecule has 0 bridgehead atoms. The number of alkyl halides is 3. The van der Waals surface area contributed by atoms with Gasteiger partial charge in [0.15, 0.2) is 5.82 Å². The fraction of sp³-hybridized carbons (Fsp3) is 0.600. The number of piperazine rings is 1. The number of esters is 1. The molecule has 11 heteroatoms. The van der Waals surface area contributed by atoms with Crippen molar-refractivity contribution in [1.82, 2.24) is 10.2 Å². The van der Waals surface area contributed by atoms with Gasteiger partial charge in [0.05, 0.1) is 29.5 Å². The lowest BCUT2D eigenvalue weighted by molar-refractivity contribution is -0.138. The SMILES string of the molecule is CCOC(=O)c1cc(C(F)(F)F)c(CC2CNCCN2C(=O)OC(C)(C)C)c(F)c1N. The molecular weight excluding hydrogens is 422 g/mol. The number of hydrogen-bond donors (Lipinski definition) is 2. The van der Waals surface area contributed by atoms with E-state index in [-0.39, 0.29) is 19.7 Å². The first-order chi connectivity index (χ1) is 14.3. The number of ether oxygens (including phenoxy) is 2. The molecule has 3 N–H and O–H groups in total. The van der Waals surface area contributed by atoms with Crippen LogP contribution < -0.4 is 11.1 Å². The highest BCUT2D eigenvalue weighted by Gasteiger charge is 2.39. The van der Waals surface area contributed by atoms with E-state index < -0.39 is 64.5 Å². The average Bonchev–Trinajstić information content (AvgIpc) is 2.63.